The summed E-state index contributed by atoms with van der Waals surface area (Å²) in [5.74, 6) is 1.74. The second-order valence-electron chi connectivity index (χ2n) is 5.70. The van der Waals surface area contributed by atoms with Crippen LogP contribution >= 0.6 is 0 Å². The second kappa shape index (κ2) is 4.84. The Morgan fingerprint density at radius 3 is 2.83 bits per heavy atom. The topological polar surface area (TPSA) is 49.2 Å². The Hall–Kier alpha value is -1.16. The number of hydrogen-bond acceptors (Lipinski definition) is 4. The van der Waals surface area contributed by atoms with Gasteiger partial charge >= 0.3 is 0 Å². The number of hydrogen-bond donors (Lipinski definition) is 1. The Labute approximate surface area is 108 Å². The molecular weight excluding hydrogens is 226 g/mol. The summed E-state index contributed by atoms with van der Waals surface area (Å²) >= 11 is 0. The molecule has 0 amide bonds. The molecule has 4 heteroatoms. The third-order valence-corrected chi connectivity index (χ3v) is 4.21. The first kappa shape index (κ1) is 11.9. The summed E-state index contributed by atoms with van der Waals surface area (Å²) in [7, 11) is 2.11. The van der Waals surface area contributed by atoms with Crippen LogP contribution in [0, 0.1) is 5.92 Å². The van der Waals surface area contributed by atoms with Crippen LogP contribution in [0.2, 0.25) is 0 Å². The van der Waals surface area contributed by atoms with Gasteiger partial charge in [0.2, 0.25) is 0 Å². The van der Waals surface area contributed by atoms with Gasteiger partial charge in [-0.15, -0.1) is 0 Å². The maximum Gasteiger partial charge on any atom is 0.135 e. The molecule has 0 spiro atoms. The highest BCUT2D eigenvalue weighted by atomic mass is 16.3. The molecule has 0 unspecified atom stereocenters. The number of anilines is 1. The van der Waals surface area contributed by atoms with Gasteiger partial charge in [0.05, 0.1) is 6.10 Å². The fraction of sp³-hybridized carbons (Fsp3) is 0.714. The molecule has 4 nitrogen and oxygen atoms in total. The number of aliphatic hydroxyl groups is 1. The van der Waals surface area contributed by atoms with Crippen molar-refractivity contribution in [2.45, 2.75) is 44.6 Å². The van der Waals surface area contributed by atoms with Crippen LogP contribution in [0.4, 0.5) is 5.82 Å². The predicted molar refractivity (Wildman–Crippen MR) is 70.7 cm³/mol. The normalized spacial score (nSPS) is 26.3. The van der Waals surface area contributed by atoms with E-state index in [1.54, 1.807) is 6.33 Å². The molecule has 0 bridgehead atoms. The molecule has 1 saturated carbocycles. The molecule has 18 heavy (non-hydrogen) atoms. The minimum atomic E-state index is -0.0669. The van der Waals surface area contributed by atoms with Crippen molar-refractivity contribution in [3.63, 3.8) is 0 Å². The SMILES string of the molecule is CN(CC1CC(O)C1)c1ncnc2c1CCCC2. The molecule has 98 valence electrons. The molecule has 0 atom stereocenters. The summed E-state index contributed by atoms with van der Waals surface area (Å²) in [6.45, 7) is 1.00. The Morgan fingerprint density at radius 2 is 2.06 bits per heavy atom. The number of aryl methyl sites for hydroxylation is 1. The van der Waals surface area contributed by atoms with Crippen molar-refractivity contribution in [2.24, 2.45) is 5.92 Å². The highest BCUT2D eigenvalue weighted by molar-refractivity contribution is 5.49. The molecule has 1 N–H and O–H groups in total. The van der Waals surface area contributed by atoms with E-state index < -0.39 is 0 Å². The molecule has 0 aromatic carbocycles. The standard InChI is InChI=1S/C14H21N3O/c1-17(8-10-6-11(18)7-10)14-12-4-2-3-5-13(12)15-9-16-14/h9-11,18H,2-8H2,1H3. The van der Waals surface area contributed by atoms with Gasteiger partial charge in [-0.05, 0) is 44.4 Å². The van der Waals surface area contributed by atoms with E-state index in [1.807, 2.05) is 0 Å². The van der Waals surface area contributed by atoms with Crippen molar-refractivity contribution in [1.29, 1.82) is 0 Å². The number of aromatic nitrogens is 2. The molecule has 2 aliphatic carbocycles. The van der Waals surface area contributed by atoms with E-state index in [0.29, 0.717) is 5.92 Å². The lowest BCUT2D eigenvalue weighted by atomic mass is 9.82. The molecule has 1 fully saturated rings. The van der Waals surface area contributed by atoms with Crippen LogP contribution in [0.5, 0.6) is 0 Å². The van der Waals surface area contributed by atoms with Gasteiger partial charge in [-0.3, -0.25) is 0 Å². The highest BCUT2D eigenvalue weighted by Crippen LogP contribution is 2.31. The second-order valence-corrected chi connectivity index (χ2v) is 5.70. The molecule has 1 heterocycles. The number of nitrogens with zero attached hydrogens (tertiary/aromatic N) is 3. The Morgan fingerprint density at radius 1 is 1.28 bits per heavy atom. The zero-order valence-electron chi connectivity index (χ0n) is 11.0. The first-order chi connectivity index (χ1) is 8.74. The minimum absolute atomic E-state index is 0.0669. The average molecular weight is 247 g/mol. The van der Waals surface area contributed by atoms with Gasteiger partial charge in [-0.2, -0.15) is 0 Å². The third kappa shape index (κ3) is 2.21. The Bertz CT molecular complexity index is 429. The van der Waals surface area contributed by atoms with Crippen LogP contribution < -0.4 is 4.90 Å². The zero-order valence-corrected chi connectivity index (χ0v) is 11.0. The van der Waals surface area contributed by atoms with Gasteiger partial charge < -0.3 is 10.0 Å². The molecule has 3 rings (SSSR count). The number of rotatable bonds is 3. The summed E-state index contributed by atoms with van der Waals surface area (Å²) < 4.78 is 0. The lowest BCUT2D eigenvalue weighted by Gasteiger charge is -2.35. The van der Waals surface area contributed by atoms with Gasteiger partial charge in [0, 0.05) is 24.8 Å². The van der Waals surface area contributed by atoms with Crippen LogP contribution in [0.1, 0.15) is 36.9 Å². The summed E-state index contributed by atoms with van der Waals surface area (Å²) in [4.78, 5) is 11.1. The summed E-state index contributed by atoms with van der Waals surface area (Å²) in [6, 6.07) is 0. The monoisotopic (exact) mass is 247 g/mol. The van der Waals surface area contributed by atoms with E-state index in [1.165, 1.54) is 24.1 Å². The first-order valence-electron chi connectivity index (χ1n) is 6.96. The van der Waals surface area contributed by atoms with Crippen LogP contribution in [-0.2, 0) is 12.8 Å². The van der Waals surface area contributed by atoms with Gasteiger partial charge in [-0.1, -0.05) is 0 Å². The van der Waals surface area contributed by atoms with Gasteiger partial charge in [0.25, 0.3) is 0 Å². The van der Waals surface area contributed by atoms with Crippen molar-refractivity contribution in [3.8, 4) is 0 Å². The van der Waals surface area contributed by atoms with E-state index in [0.717, 1.165) is 38.0 Å². The zero-order chi connectivity index (χ0) is 12.5. The van der Waals surface area contributed by atoms with Crippen molar-refractivity contribution in [1.82, 2.24) is 9.97 Å². The summed E-state index contributed by atoms with van der Waals surface area (Å²) in [5.41, 5.74) is 2.60. The lowest BCUT2D eigenvalue weighted by Crippen LogP contribution is -2.37. The lowest BCUT2D eigenvalue weighted by molar-refractivity contribution is 0.0464. The van der Waals surface area contributed by atoms with E-state index in [-0.39, 0.29) is 6.10 Å². The van der Waals surface area contributed by atoms with E-state index in [4.69, 9.17) is 0 Å². The smallest absolute Gasteiger partial charge is 0.135 e. The maximum absolute atomic E-state index is 9.35. The fourth-order valence-corrected chi connectivity index (χ4v) is 3.16. The largest absolute Gasteiger partial charge is 0.393 e. The Balaban J connectivity index is 1.74. The molecule has 0 radical (unpaired) electrons. The van der Waals surface area contributed by atoms with Crippen molar-refractivity contribution >= 4 is 5.82 Å². The van der Waals surface area contributed by atoms with Crippen LogP contribution in [0.25, 0.3) is 0 Å². The van der Waals surface area contributed by atoms with E-state index in [2.05, 4.69) is 21.9 Å². The predicted octanol–water partition coefficient (Wildman–Crippen LogP) is 1.56. The molecule has 0 saturated heterocycles. The van der Waals surface area contributed by atoms with Crippen LogP contribution in [-0.4, -0.2) is 34.8 Å². The van der Waals surface area contributed by atoms with Crippen LogP contribution in [0.15, 0.2) is 6.33 Å². The molecule has 1 aromatic heterocycles. The molecular formula is C14H21N3O. The summed E-state index contributed by atoms with van der Waals surface area (Å²) in [5, 5.41) is 9.35. The van der Waals surface area contributed by atoms with Crippen molar-refractivity contribution < 1.29 is 5.11 Å². The van der Waals surface area contributed by atoms with Gasteiger partial charge in [0.15, 0.2) is 0 Å². The highest BCUT2D eigenvalue weighted by Gasteiger charge is 2.29. The maximum atomic E-state index is 9.35. The average Bonchev–Trinajstić information content (AvgIpc) is 2.36. The molecule has 1 aromatic rings. The molecule has 0 aliphatic heterocycles. The quantitative estimate of drug-likeness (QED) is 0.880. The van der Waals surface area contributed by atoms with Gasteiger partial charge in [-0.25, -0.2) is 9.97 Å². The van der Waals surface area contributed by atoms with Crippen LogP contribution in [0.3, 0.4) is 0 Å². The van der Waals surface area contributed by atoms with Crippen molar-refractivity contribution in [2.75, 3.05) is 18.5 Å². The summed E-state index contributed by atoms with van der Waals surface area (Å²) in [6.07, 6.45) is 8.23. The first-order valence-corrected chi connectivity index (χ1v) is 6.96. The number of aliphatic hydroxyl groups excluding tert-OH is 1. The molecule has 2 aliphatic rings. The minimum Gasteiger partial charge on any atom is -0.393 e. The number of fused-ring (bicyclic) bond motifs is 1. The third-order valence-electron chi connectivity index (χ3n) is 4.21. The van der Waals surface area contributed by atoms with Crippen molar-refractivity contribution in [3.05, 3.63) is 17.6 Å². The van der Waals surface area contributed by atoms with E-state index >= 15 is 0 Å². The Kier molecular flexibility index (Phi) is 3.20. The fourth-order valence-electron chi connectivity index (χ4n) is 3.16. The van der Waals surface area contributed by atoms with E-state index in [9.17, 15) is 5.11 Å². The van der Waals surface area contributed by atoms with Gasteiger partial charge in [0.1, 0.15) is 12.1 Å².